The van der Waals surface area contributed by atoms with E-state index in [1.807, 2.05) is 18.2 Å². The summed E-state index contributed by atoms with van der Waals surface area (Å²) in [6, 6.07) is 12.5. The van der Waals surface area contributed by atoms with Crippen LogP contribution in [0, 0.1) is 0 Å². The third kappa shape index (κ3) is 2.81. The Hall–Kier alpha value is -1.67. The summed E-state index contributed by atoms with van der Waals surface area (Å²) in [7, 11) is 0. The number of hydrogen-bond donors (Lipinski definition) is 0. The first-order valence-corrected chi connectivity index (χ1v) is 9.37. The standard InChI is InChI=1S/C21H24OS/c1-5-13(3)15-11-17(14(4)6-2)21-18(12-15)20(22)16-9-7-8-10-19(16)23-21/h7-14H,5-6H2,1-4H3. The molecule has 1 nitrogen and oxygen atoms in total. The van der Waals surface area contributed by atoms with Crippen LogP contribution in [-0.4, -0.2) is 0 Å². The third-order valence-corrected chi connectivity index (χ3v) is 6.29. The number of hydrogen-bond acceptors (Lipinski definition) is 2. The van der Waals surface area contributed by atoms with Gasteiger partial charge >= 0.3 is 0 Å². The zero-order valence-corrected chi connectivity index (χ0v) is 15.2. The zero-order chi connectivity index (χ0) is 16.6. The second-order valence-corrected chi connectivity index (χ2v) is 7.58. The SMILES string of the molecule is CCC(C)c1cc(C(C)CC)c2sc3ccccc3c(=O)c2c1. The van der Waals surface area contributed by atoms with Crippen molar-refractivity contribution < 1.29 is 0 Å². The molecule has 3 rings (SSSR count). The highest BCUT2D eigenvalue weighted by molar-refractivity contribution is 7.24. The lowest BCUT2D eigenvalue weighted by Crippen LogP contribution is -2.06. The van der Waals surface area contributed by atoms with Crippen LogP contribution in [0.5, 0.6) is 0 Å². The maximum absolute atomic E-state index is 13.0. The lowest BCUT2D eigenvalue weighted by atomic mass is 9.90. The van der Waals surface area contributed by atoms with Crippen LogP contribution in [0.3, 0.4) is 0 Å². The van der Waals surface area contributed by atoms with Crippen LogP contribution in [0.15, 0.2) is 41.2 Å². The highest BCUT2D eigenvalue weighted by Gasteiger charge is 2.16. The summed E-state index contributed by atoms with van der Waals surface area (Å²) in [6.07, 6.45) is 2.18. The van der Waals surface area contributed by atoms with Crippen molar-refractivity contribution in [2.75, 3.05) is 0 Å². The Morgan fingerprint density at radius 1 is 0.957 bits per heavy atom. The van der Waals surface area contributed by atoms with Crippen LogP contribution < -0.4 is 5.43 Å². The van der Waals surface area contributed by atoms with Crippen LogP contribution in [-0.2, 0) is 0 Å². The van der Waals surface area contributed by atoms with Crippen molar-refractivity contribution >= 4 is 31.5 Å². The largest absolute Gasteiger partial charge is 0.289 e. The zero-order valence-electron chi connectivity index (χ0n) is 14.3. The van der Waals surface area contributed by atoms with Gasteiger partial charge in [-0.3, -0.25) is 4.79 Å². The van der Waals surface area contributed by atoms with E-state index in [0.717, 1.165) is 28.3 Å². The van der Waals surface area contributed by atoms with Crippen LogP contribution >= 0.6 is 11.3 Å². The van der Waals surface area contributed by atoms with Crippen LogP contribution in [0.1, 0.15) is 63.5 Å². The average Bonchev–Trinajstić information content (AvgIpc) is 2.60. The summed E-state index contributed by atoms with van der Waals surface area (Å²) in [5.74, 6) is 0.955. The Bertz CT molecular complexity index is 907. The molecular formula is C21H24OS. The van der Waals surface area contributed by atoms with Crippen molar-refractivity contribution in [2.24, 2.45) is 0 Å². The van der Waals surface area contributed by atoms with Gasteiger partial charge in [0.05, 0.1) is 0 Å². The van der Waals surface area contributed by atoms with Crippen LogP contribution in [0.2, 0.25) is 0 Å². The Balaban J connectivity index is 2.44. The maximum Gasteiger partial charge on any atom is 0.195 e. The van der Waals surface area contributed by atoms with E-state index in [4.69, 9.17) is 0 Å². The molecule has 0 amide bonds. The second-order valence-electron chi connectivity index (χ2n) is 6.53. The van der Waals surface area contributed by atoms with E-state index in [2.05, 4.69) is 45.9 Å². The van der Waals surface area contributed by atoms with Gasteiger partial charge in [-0.15, -0.1) is 11.3 Å². The van der Waals surface area contributed by atoms with Crippen molar-refractivity contribution in [1.82, 2.24) is 0 Å². The third-order valence-electron chi connectivity index (χ3n) is 5.05. The monoisotopic (exact) mass is 324 g/mol. The van der Waals surface area contributed by atoms with Crippen molar-refractivity contribution in [3.63, 3.8) is 0 Å². The molecule has 3 aromatic rings. The van der Waals surface area contributed by atoms with Crippen LogP contribution in [0.25, 0.3) is 20.2 Å². The lowest BCUT2D eigenvalue weighted by molar-refractivity contribution is 0.716. The van der Waals surface area contributed by atoms with Crippen molar-refractivity contribution in [1.29, 1.82) is 0 Å². The Morgan fingerprint density at radius 3 is 2.35 bits per heavy atom. The topological polar surface area (TPSA) is 17.1 Å². The smallest absolute Gasteiger partial charge is 0.195 e. The predicted molar refractivity (Wildman–Crippen MR) is 103 cm³/mol. The van der Waals surface area contributed by atoms with E-state index < -0.39 is 0 Å². The van der Waals surface area contributed by atoms with Crippen molar-refractivity contribution in [3.05, 3.63) is 57.7 Å². The molecule has 2 heteroatoms. The first-order valence-electron chi connectivity index (χ1n) is 8.56. The summed E-state index contributed by atoms with van der Waals surface area (Å²) >= 11 is 1.76. The fourth-order valence-corrected chi connectivity index (χ4v) is 4.34. The minimum absolute atomic E-state index is 0.184. The molecule has 0 fully saturated rings. The van der Waals surface area contributed by atoms with Gasteiger partial charge in [0.1, 0.15) is 0 Å². The van der Waals surface area contributed by atoms with Gasteiger partial charge in [-0.2, -0.15) is 0 Å². The molecule has 0 saturated heterocycles. The van der Waals surface area contributed by atoms with Gasteiger partial charge in [0.2, 0.25) is 0 Å². The summed E-state index contributed by atoms with van der Waals surface area (Å²) in [5.41, 5.74) is 2.83. The molecule has 23 heavy (non-hydrogen) atoms. The van der Waals surface area contributed by atoms with E-state index in [1.54, 1.807) is 11.3 Å². The molecule has 0 saturated carbocycles. The molecule has 0 spiro atoms. The van der Waals surface area contributed by atoms with E-state index in [-0.39, 0.29) is 5.43 Å². The molecule has 2 unspecified atom stereocenters. The molecule has 0 aliphatic heterocycles. The quantitative estimate of drug-likeness (QED) is 0.505. The molecule has 0 radical (unpaired) electrons. The summed E-state index contributed by atoms with van der Waals surface area (Å²) < 4.78 is 2.26. The molecule has 120 valence electrons. The van der Waals surface area contributed by atoms with Gasteiger partial charge in [0.25, 0.3) is 0 Å². The molecule has 0 N–H and O–H groups in total. The molecular weight excluding hydrogens is 300 g/mol. The number of benzene rings is 2. The fraction of sp³-hybridized carbons (Fsp3) is 0.381. The summed E-state index contributed by atoms with van der Waals surface area (Å²) in [4.78, 5) is 13.0. The van der Waals surface area contributed by atoms with E-state index >= 15 is 0 Å². The van der Waals surface area contributed by atoms with Gasteiger partial charge in [0.15, 0.2) is 5.43 Å². The fourth-order valence-electron chi connectivity index (χ4n) is 3.06. The average molecular weight is 324 g/mol. The molecule has 1 aromatic heterocycles. The van der Waals surface area contributed by atoms with E-state index in [1.165, 1.54) is 15.8 Å². The van der Waals surface area contributed by atoms with Gasteiger partial charge in [-0.05, 0) is 54.0 Å². The van der Waals surface area contributed by atoms with Gasteiger partial charge in [0, 0.05) is 20.2 Å². The molecule has 1 heterocycles. The Labute approximate surface area is 142 Å². The van der Waals surface area contributed by atoms with Crippen molar-refractivity contribution in [2.45, 2.75) is 52.4 Å². The minimum atomic E-state index is 0.184. The minimum Gasteiger partial charge on any atom is -0.289 e. The molecule has 0 bridgehead atoms. The number of rotatable bonds is 4. The van der Waals surface area contributed by atoms with E-state index in [0.29, 0.717) is 11.8 Å². The summed E-state index contributed by atoms with van der Waals surface area (Å²) in [5, 5.41) is 1.75. The Kier molecular flexibility index (Phi) is 4.54. The first kappa shape index (κ1) is 16.2. The predicted octanol–water partition coefficient (Wildman–Crippen LogP) is 6.44. The molecule has 0 aliphatic carbocycles. The van der Waals surface area contributed by atoms with Gasteiger partial charge in [-0.1, -0.05) is 45.9 Å². The number of fused-ring (bicyclic) bond motifs is 2. The van der Waals surface area contributed by atoms with Crippen molar-refractivity contribution in [3.8, 4) is 0 Å². The molecule has 0 aliphatic rings. The van der Waals surface area contributed by atoms with Gasteiger partial charge in [-0.25, -0.2) is 0 Å². The maximum atomic E-state index is 13.0. The highest BCUT2D eigenvalue weighted by Crippen LogP contribution is 2.35. The molecule has 2 atom stereocenters. The van der Waals surface area contributed by atoms with Gasteiger partial charge < -0.3 is 0 Å². The Morgan fingerprint density at radius 2 is 1.65 bits per heavy atom. The second kappa shape index (κ2) is 6.45. The first-order chi connectivity index (χ1) is 11.1. The van der Waals surface area contributed by atoms with E-state index in [9.17, 15) is 4.79 Å². The van der Waals surface area contributed by atoms with Crippen LogP contribution in [0.4, 0.5) is 0 Å². The molecule has 2 aromatic carbocycles. The highest BCUT2D eigenvalue weighted by atomic mass is 32.1. The lowest BCUT2D eigenvalue weighted by Gasteiger charge is -2.17. The summed E-state index contributed by atoms with van der Waals surface area (Å²) in [6.45, 7) is 8.94. The normalized spacial score (nSPS) is 14.3.